The van der Waals surface area contributed by atoms with Gasteiger partial charge in [-0.25, -0.2) is 4.98 Å². The molecule has 1 aromatic carbocycles. The molecule has 2 bridgehead atoms. The van der Waals surface area contributed by atoms with E-state index in [-0.39, 0.29) is 17.9 Å². The largest absolute Gasteiger partial charge is 0.344 e. The smallest absolute Gasteiger partial charge is 0.244 e. The standard InChI is InChI=1S/C26H23ClN8O2/c27-19-8-9-23(35-16-30-33-34-35)18(14-19)7-10-25(37)31-21-5-1-2-6-24(36)32-26-20(4-3-12-29-26)17-11-13-28-22(21)15-17/h3-4,7-16,21H,1-2,5-6H2,(H,31,37)(H,29,32,36)/b10-7+. The van der Waals surface area contributed by atoms with E-state index in [4.69, 9.17) is 11.6 Å². The molecule has 10 nitrogen and oxygen atoms in total. The van der Waals surface area contributed by atoms with E-state index in [1.54, 1.807) is 36.7 Å². The molecule has 0 aliphatic carbocycles. The van der Waals surface area contributed by atoms with Gasteiger partial charge in [-0.15, -0.1) is 5.10 Å². The molecule has 2 N–H and O–H groups in total. The number of hydrogen-bond acceptors (Lipinski definition) is 7. The minimum atomic E-state index is -0.335. The van der Waals surface area contributed by atoms with Crippen molar-refractivity contribution >= 4 is 35.3 Å². The molecule has 1 atom stereocenters. The van der Waals surface area contributed by atoms with Crippen LogP contribution in [-0.2, 0) is 9.59 Å². The minimum Gasteiger partial charge on any atom is -0.344 e. The second-order valence-corrected chi connectivity index (χ2v) is 8.95. The number of tetrazole rings is 1. The van der Waals surface area contributed by atoms with Crippen molar-refractivity contribution in [2.75, 3.05) is 5.32 Å². The SMILES string of the molecule is O=C(/C=C/c1cc(Cl)ccc1-n1cnnn1)NC1CCCCC(=O)Nc2ncccc2-c2ccnc1c2. The van der Waals surface area contributed by atoms with Crippen LogP contribution in [0.3, 0.4) is 0 Å². The monoisotopic (exact) mass is 514 g/mol. The summed E-state index contributed by atoms with van der Waals surface area (Å²) >= 11 is 6.18. The highest BCUT2D eigenvalue weighted by molar-refractivity contribution is 6.30. The van der Waals surface area contributed by atoms with Crippen LogP contribution in [0.2, 0.25) is 5.02 Å². The fourth-order valence-corrected chi connectivity index (χ4v) is 4.37. The number of benzene rings is 1. The Kier molecular flexibility index (Phi) is 7.27. The lowest BCUT2D eigenvalue weighted by molar-refractivity contribution is -0.118. The number of rotatable bonds is 4. The van der Waals surface area contributed by atoms with Crippen molar-refractivity contribution in [1.29, 1.82) is 0 Å². The fourth-order valence-electron chi connectivity index (χ4n) is 4.19. The summed E-state index contributed by atoms with van der Waals surface area (Å²) in [7, 11) is 0. The van der Waals surface area contributed by atoms with Crippen LogP contribution < -0.4 is 10.6 Å². The van der Waals surface area contributed by atoms with E-state index in [0.29, 0.717) is 41.4 Å². The van der Waals surface area contributed by atoms with Crippen LogP contribution in [-0.4, -0.2) is 42.0 Å². The third kappa shape index (κ3) is 5.87. The maximum absolute atomic E-state index is 13.0. The molecule has 0 fully saturated rings. The zero-order valence-electron chi connectivity index (χ0n) is 19.7. The fraction of sp³-hybridized carbons (Fsp3) is 0.192. The molecule has 11 heteroatoms. The first-order chi connectivity index (χ1) is 18.1. The van der Waals surface area contributed by atoms with E-state index in [2.05, 4.69) is 36.1 Å². The zero-order valence-corrected chi connectivity index (χ0v) is 20.5. The number of nitrogens with one attached hydrogen (secondary N) is 2. The number of carbonyl (C=O) groups is 2. The molecule has 2 amide bonds. The number of carbonyl (C=O) groups excluding carboxylic acids is 2. The second kappa shape index (κ2) is 11.1. The van der Waals surface area contributed by atoms with Gasteiger partial charge in [0.05, 0.1) is 17.4 Å². The van der Waals surface area contributed by atoms with E-state index in [1.165, 1.54) is 17.1 Å². The first-order valence-corrected chi connectivity index (χ1v) is 12.2. The Morgan fingerprint density at radius 3 is 2.92 bits per heavy atom. The third-order valence-corrected chi connectivity index (χ3v) is 6.21. The van der Waals surface area contributed by atoms with Gasteiger partial charge in [0.2, 0.25) is 11.8 Å². The van der Waals surface area contributed by atoms with Gasteiger partial charge < -0.3 is 10.6 Å². The van der Waals surface area contributed by atoms with Gasteiger partial charge >= 0.3 is 0 Å². The van der Waals surface area contributed by atoms with Crippen LogP contribution in [0.15, 0.2) is 67.3 Å². The lowest BCUT2D eigenvalue weighted by Crippen LogP contribution is -2.28. The molecule has 4 aromatic rings. The highest BCUT2D eigenvalue weighted by atomic mass is 35.5. The molecule has 0 radical (unpaired) electrons. The van der Waals surface area contributed by atoms with Gasteiger partial charge in [0.15, 0.2) is 0 Å². The lowest BCUT2D eigenvalue weighted by Gasteiger charge is -2.20. The number of fused-ring (bicyclic) bond motifs is 4. The molecular weight excluding hydrogens is 492 g/mol. The lowest BCUT2D eigenvalue weighted by atomic mass is 9.99. The van der Waals surface area contributed by atoms with Crippen molar-refractivity contribution in [1.82, 2.24) is 35.5 Å². The number of amides is 2. The Balaban J connectivity index is 1.41. The average Bonchev–Trinajstić information content (AvgIpc) is 3.44. The van der Waals surface area contributed by atoms with E-state index in [0.717, 1.165) is 23.2 Å². The first-order valence-electron chi connectivity index (χ1n) is 11.8. The number of pyridine rings is 2. The van der Waals surface area contributed by atoms with Gasteiger partial charge in [-0.2, -0.15) is 4.68 Å². The Bertz CT molecular complexity index is 1450. The van der Waals surface area contributed by atoms with E-state index in [1.807, 2.05) is 24.3 Å². The summed E-state index contributed by atoms with van der Waals surface area (Å²) in [6.07, 6.45) is 10.4. The van der Waals surface area contributed by atoms with Crippen LogP contribution in [0.1, 0.15) is 43.0 Å². The average molecular weight is 515 g/mol. The molecule has 1 aliphatic rings. The molecule has 5 rings (SSSR count). The van der Waals surface area contributed by atoms with Crippen molar-refractivity contribution < 1.29 is 9.59 Å². The molecule has 4 heterocycles. The summed E-state index contributed by atoms with van der Waals surface area (Å²) in [5, 5.41) is 17.8. The van der Waals surface area contributed by atoms with E-state index < -0.39 is 0 Å². The number of halogens is 1. The highest BCUT2D eigenvalue weighted by Gasteiger charge is 2.19. The molecular formula is C26H23ClN8O2. The molecule has 0 spiro atoms. The Morgan fingerprint density at radius 2 is 2.05 bits per heavy atom. The van der Waals surface area contributed by atoms with Crippen molar-refractivity contribution in [3.63, 3.8) is 0 Å². The number of anilines is 1. The minimum absolute atomic E-state index is 0.0850. The summed E-state index contributed by atoms with van der Waals surface area (Å²) in [5.74, 6) is 0.138. The summed E-state index contributed by atoms with van der Waals surface area (Å²) in [6, 6.07) is 12.4. The second-order valence-electron chi connectivity index (χ2n) is 8.51. The normalized spacial score (nSPS) is 15.8. The first kappa shape index (κ1) is 24.3. The van der Waals surface area contributed by atoms with E-state index >= 15 is 0 Å². The van der Waals surface area contributed by atoms with Gasteiger partial charge in [0, 0.05) is 41.0 Å². The van der Waals surface area contributed by atoms with Crippen LogP contribution in [0.5, 0.6) is 0 Å². The predicted molar refractivity (Wildman–Crippen MR) is 139 cm³/mol. The molecule has 0 saturated heterocycles. The van der Waals surface area contributed by atoms with Crippen molar-refractivity contribution in [3.8, 4) is 16.8 Å². The van der Waals surface area contributed by atoms with Crippen molar-refractivity contribution in [3.05, 3.63) is 83.5 Å². The maximum Gasteiger partial charge on any atom is 0.244 e. The van der Waals surface area contributed by atoms with Crippen LogP contribution >= 0.6 is 11.6 Å². The topological polar surface area (TPSA) is 128 Å². The molecule has 3 aromatic heterocycles. The predicted octanol–water partition coefficient (Wildman–Crippen LogP) is 4.16. The molecule has 1 aliphatic heterocycles. The number of aromatic nitrogens is 6. The molecule has 37 heavy (non-hydrogen) atoms. The highest BCUT2D eigenvalue weighted by Crippen LogP contribution is 2.29. The Labute approximate surface area is 217 Å². The van der Waals surface area contributed by atoms with Crippen LogP contribution in [0.4, 0.5) is 5.82 Å². The maximum atomic E-state index is 13.0. The quantitative estimate of drug-likeness (QED) is 0.391. The molecule has 0 saturated carbocycles. The number of nitrogens with zero attached hydrogens (tertiary/aromatic N) is 6. The van der Waals surface area contributed by atoms with Gasteiger partial charge in [-0.05, 0) is 77.4 Å². The summed E-state index contributed by atoms with van der Waals surface area (Å²) < 4.78 is 1.50. The van der Waals surface area contributed by atoms with Gasteiger partial charge in [-0.1, -0.05) is 18.0 Å². The molecule has 186 valence electrons. The summed E-state index contributed by atoms with van der Waals surface area (Å²) in [4.78, 5) is 34.3. The van der Waals surface area contributed by atoms with Crippen LogP contribution in [0, 0.1) is 0 Å². The van der Waals surface area contributed by atoms with Gasteiger partial charge in [0.25, 0.3) is 0 Å². The summed E-state index contributed by atoms with van der Waals surface area (Å²) in [5.41, 5.74) is 3.75. The Hall–Kier alpha value is -4.44. The van der Waals surface area contributed by atoms with Crippen molar-refractivity contribution in [2.24, 2.45) is 0 Å². The van der Waals surface area contributed by atoms with Gasteiger partial charge in [-0.3, -0.25) is 14.6 Å². The molecule has 1 unspecified atom stereocenters. The number of hydrogen-bond donors (Lipinski definition) is 2. The van der Waals surface area contributed by atoms with Crippen molar-refractivity contribution in [2.45, 2.75) is 31.7 Å². The summed E-state index contributed by atoms with van der Waals surface area (Å²) in [6.45, 7) is 0. The van der Waals surface area contributed by atoms with Gasteiger partial charge in [0.1, 0.15) is 12.1 Å². The van der Waals surface area contributed by atoms with Crippen LogP contribution in [0.25, 0.3) is 22.9 Å². The third-order valence-electron chi connectivity index (χ3n) is 5.98. The van der Waals surface area contributed by atoms with E-state index in [9.17, 15) is 9.59 Å². The Morgan fingerprint density at radius 1 is 1.14 bits per heavy atom. The zero-order chi connectivity index (χ0) is 25.6.